The number of hydrogen-bond acceptors (Lipinski definition) is 3. The van der Waals surface area contributed by atoms with Gasteiger partial charge in [0.25, 0.3) is 5.91 Å². The topological polar surface area (TPSA) is 56.1 Å². The second-order valence-electron chi connectivity index (χ2n) is 5.70. The number of aryl methyl sites for hydroxylation is 1. The lowest BCUT2D eigenvalue weighted by atomic mass is 10.0. The van der Waals surface area contributed by atoms with Gasteiger partial charge in [0.05, 0.1) is 7.11 Å². The number of methoxy groups -OCH3 is 1. The van der Waals surface area contributed by atoms with Crippen LogP contribution < -0.4 is 10.1 Å². The van der Waals surface area contributed by atoms with Crippen LogP contribution in [0.2, 0.25) is 0 Å². The summed E-state index contributed by atoms with van der Waals surface area (Å²) in [6.07, 6.45) is 3.38. The Morgan fingerprint density at radius 3 is 2.46 bits per heavy atom. The van der Waals surface area contributed by atoms with E-state index in [1.165, 1.54) is 6.07 Å². The van der Waals surface area contributed by atoms with E-state index in [-0.39, 0.29) is 5.56 Å². The number of rotatable bonds is 5. The molecular formula is C19H17F2N3O2. The highest BCUT2D eigenvalue weighted by atomic mass is 19.2. The SMILES string of the molecule is COc1ccc(C(NC(=O)c2ccc(F)c(F)c2)c2nccn2C)cc1. The third-order valence-corrected chi connectivity index (χ3v) is 4.02. The number of carbonyl (C=O) groups excluding carboxylic acids is 1. The average Bonchev–Trinajstić information content (AvgIpc) is 3.07. The van der Waals surface area contributed by atoms with Crippen molar-refractivity contribution in [3.05, 3.63) is 83.4 Å². The standard InChI is InChI=1S/C19H17F2N3O2/c1-24-10-9-22-18(24)17(12-3-6-14(26-2)7-4-12)23-19(25)13-5-8-15(20)16(21)11-13/h3-11,17H,1-2H3,(H,23,25). The molecule has 0 fully saturated rings. The molecule has 2 aromatic carbocycles. The molecular weight excluding hydrogens is 340 g/mol. The molecule has 5 nitrogen and oxygen atoms in total. The maximum atomic E-state index is 13.4. The van der Waals surface area contributed by atoms with Gasteiger partial charge in [0.15, 0.2) is 11.6 Å². The van der Waals surface area contributed by atoms with Crippen LogP contribution in [0.15, 0.2) is 54.9 Å². The van der Waals surface area contributed by atoms with E-state index in [1.807, 2.05) is 19.2 Å². The zero-order chi connectivity index (χ0) is 18.7. The summed E-state index contributed by atoms with van der Waals surface area (Å²) in [5, 5.41) is 2.82. The maximum Gasteiger partial charge on any atom is 0.252 e. The summed E-state index contributed by atoms with van der Waals surface area (Å²) in [5.41, 5.74) is 0.799. The molecule has 1 heterocycles. The summed E-state index contributed by atoms with van der Waals surface area (Å²) in [6, 6.07) is 9.62. The van der Waals surface area contributed by atoms with Crippen LogP contribution in [0.5, 0.6) is 5.75 Å². The van der Waals surface area contributed by atoms with Gasteiger partial charge in [0, 0.05) is 25.0 Å². The molecule has 1 amide bonds. The van der Waals surface area contributed by atoms with E-state index < -0.39 is 23.6 Å². The molecule has 0 saturated carbocycles. The number of imidazole rings is 1. The van der Waals surface area contributed by atoms with Crippen LogP contribution >= 0.6 is 0 Å². The van der Waals surface area contributed by atoms with E-state index in [0.717, 1.165) is 17.7 Å². The quantitative estimate of drug-likeness (QED) is 0.763. The molecule has 7 heteroatoms. The van der Waals surface area contributed by atoms with Crippen molar-refractivity contribution in [2.24, 2.45) is 7.05 Å². The number of nitrogens with one attached hydrogen (secondary N) is 1. The largest absolute Gasteiger partial charge is 0.497 e. The third-order valence-electron chi connectivity index (χ3n) is 4.02. The molecule has 0 bridgehead atoms. The fourth-order valence-electron chi connectivity index (χ4n) is 2.60. The molecule has 0 saturated heterocycles. The number of benzene rings is 2. The van der Waals surface area contributed by atoms with Gasteiger partial charge in [-0.2, -0.15) is 0 Å². The normalized spacial score (nSPS) is 11.8. The molecule has 1 atom stereocenters. The molecule has 1 unspecified atom stereocenters. The first-order valence-corrected chi connectivity index (χ1v) is 7.86. The van der Waals surface area contributed by atoms with E-state index in [1.54, 1.807) is 36.2 Å². The zero-order valence-corrected chi connectivity index (χ0v) is 14.2. The predicted molar refractivity (Wildman–Crippen MR) is 91.9 cm³/mol. The zero-order valence-electron chi connectivity index (χ0n) is 14.2. The summed E-state index contributed by atoms with van der Waals surface area (Å²) in [4.78, 5) is 16.9. The summed E-state index contributed by atoms with van der Waals surface area (Å²) >= 11 is 0. The van der Waals surface area contributed by atoms with Gasteiger partial charge in [-0.1, -0.05) is 12.1 Å². The number of halogens is 2. The highest BCUT2D eigenvalue weighted by molar-refractivity contribution is 5.94. The maximum absolute atomic E-state index is 13.4. The van der Waals surface area contributed by atoms with Crippen molar-refractivity contribution < 1.29 is 18.3 Å². The lowest BCUT2D eigenvalue weighted by Crippen LogP contribution is -2.31. The molecule has 0 aliphatic heterocycles. The van der Waals surface area contributed by atoms with Crippen LogP contribution in [0, 0.1) is 11.6 Å². The van der Waals surface area contributed by atoms with Gasteiger partial charge in [-0.3, -0.25) is 4.79 Å². The minimum Gasteiger partial charge on any atom is -0.497 e. The highest BCUT2D eigenvalue weighted by Gasteiger charge is 2.22. The minimum atomic E-state index is -1.07. The van der Waals surface area contributed by atoms with E-state index in [9.17, 15) is 13.6 Å². The second kappa shape index (κ2) is 7.35. The Kier molecular flexibility index (Phi) is 4.97. The molecule has 134 valence electrons. The minimum absolute atomic E-state index is 0.0246. The summed E-state index contributed by atoms with van der Waals surface area (Å²) in [5.74, 6) is -1.33. The van der Waals surface area contributed by atoms with Crippen molar-refractivity contribution in [3.8, 4) is 5.75 Å². The van der Waals surface area contributed by atoms with Gasteiger partial charge in [-0.15, -0.1) is 0 Å². The Balaban J connectivity index is 1.94. The molecule has 0 aliphatic carbocycles. The Hall–Kier alpha value is -3.22. The first-order chi connectivity index (χ1) is 12.5. The Morgan fingerprint density at radius 2 is 1.88 bits per heavy atom. The van der Waals surface area contributed by atoms with E-state index >= 15 is 0 Å². The van der Waals surface area contributed by atoms with Crippen LogP contribution in [-0.4, -0.2) is 22.6 Å². The number of ether oxygens (including phenoxy) is 1. The summed E-state index contributed by atoms with van der Waals surface area (Å²) in [7, 11) is 3.37. The Labute approximate surface area is 149 Å². The molecule has 0 aliphatic rings. The number of nitrogens with zero attached hydrogens (tertiary/aromatic N) is 2. The second-order valence-corrected chi connectivity index (χ2v) is 5.70. The molecule has 3 aromatic rings. The first kappa shape index (κ1) is 17.6. The lowest BCUT2D eigenvalue weighted by Gasteiger charge is -2.19. The fraction of sp³-hybridized carbons (Fsp3) is 0.158. The van der Waals surface area contributed by atoms with E-state index in [0.29, 0.717) is 11.6 Å². The number of amides is 1. The smallest absolute Gasteiger partial charge is 0.252 e. The van der Waals surface area contributed by atoms with Crippen molar-refractivity contribution >= 4 is 5.91 Å². The van der Waals surface area contributed by atoms with Gasteiger partial charge in [-0.05, 0) is 35.9 Å². The molecule has 26 heavy (non-hydrogen) atoms. The van der Waals surface area contributed by atoms with Gasteiger partial charge < -0.3 is 14.6 Å². The van der Waals surface area contributed by atoms with Crippen LogP contribution in [-0.2, 0) is 7.05 Å². The van der Waals surface area contributed by atoms with Crippen molar-refractivity contribution in [1.29, 1.82) is 0 Å². The van der Waals surface area contributed by atoms with Crippen molar-refractivity contribution in [3.63, 3.8) is 0 Å². The highest BCUT2D eigenvalue weighted by Crippen LogP contribution is 2.23. The van der Waals surface area contributed by atoms with Crippen LogP contribution in [0.4, 0.5) is 8.78 Å². The molecule has 0 spiro atoms. The summed E-state index contributed by atoms with van der Waals surface area (Å²) < 4.78 is 33.5. The molecule has 0 radical (unpaired) electrons. The van der Waals surface area contributed by atoms with Crippen molar-refractivity contribution in [2.45, 2.75) is 6.04 Å². The van der Waals surface area contributed by atoms with Crippen molar-refractivity contribution in [1.82, 2.24) is 14.9 Å². The van der Waals surface area contributed by atoms with Gasteiger partial charge >= 0.3 is 0 Å². The lowest BCUT2D eigenvalue weighted by molar-refractivity contribution is 0.0940. The Bertz CT molecular complexity index is 923. The summed E-state index contributed by atoms with van der Waals surface area (Å²) in [6.45, 7) is 0. The molecule has 1 N–H and O–H groups in total. The fourth-order valence-corrected chi connectivity index (χ4v) is 2.60. The predicted octanol–water partition coefficient (Wildman–Crippen LogP) is 3.23. The average molecular weight is 357 g/mol. The van der Waals surface area contributed by atoms with Crippen LogP contribution in [0.3, 0.4) is 0 Å². The number of carbonyl (C=O) groups is 1. The molecule has 1 aromatic heterocycles. The van der Waals surface area contributed by atoms with Gasteiger partial charge in [0.1, 0.15) is 17.6 Å². The third kappa shape index (κ3) is 3.56. The van der Waals surface area contributed by atoms with Gasteiger partial charge in [-0.25, -0.2) is 13.8 Å². The monoisotopic (exact) mass is 357 g/mol. The molecule has 3 rings (SSSR count). The Morgan fingerprint density at radius 1 is 1.15 bits per heavy atom. The van der Waals surface area contributed by atoms with E-state index in [2.05, 4.69) is 10.3 Å². The van der Waals surface area contributed by atoms with Crippen LogP contribution in [0.1, 0.15) is 27.8 Å². The van der Waals surface area contributed by atoms with E-state index in [4.69, 9.17) is 4.74 Å². The van der Waals surface area contributed by atoms with Crippen molar-refractivity contribution in [2.75, 3.05) is 7.11 Å². The number of aromatic nitrogens is 2. The van der Waals surface area contributed by atoms with Gasteiger partial charge in [0.2, 0.25) is 0 Å². The number of hydrogen-bond donors (Lipinski definition) is 1. The first-order valence-electron chi connectivity index (χ1n) is 7.86. The van der Waals surface area contributed by atoms with Crippen LogP contribution in [0.25, 0.3) is 0 Å².